The summed E-state index contributed by atoms with van der Waals surface area (Å²) < 4.78 is 0. The molecule has 1 aliphatic rings. The highest BCUT2D eigenvalue weighted by molar-refractivity contribution is 6.39. The average molecular weight is 329 g/mol. The number of nitro groups is 1. The van der Waals surface area contributed by atoms with E-state index in [4.69, 9.17) is 28.5 Å². The quantitative estimate of drug-likeness (QED) is 0.630. The predicted molar refractivity (Wildman–Crippen MR) is 82.0 cm³/mol. The molecule has 0 amide bonds. The first-order valence-electron chi connectivity index (χ1n) is 6.46. The van der Waals surface area contributed by atoms with Crippen molar-refractivity contribution in [2.75, 3.05) is 31.1 Å². The first-order chi connectivity index (χ1) is 9.93. The highest BCUT2D eigenvalue weighted by Gasteiger charge is 2.25. The molecule has 1 aliphatic heterocycles. The Morgan fingerprint density at radius 2 is 1.81 bits per heavy atom. The number of nitriles is 1. The number of piperazine rings is 1. The van der Waals surface area contributed by atoms with E-state index in [1.54, 1.807) is 0 Å². The highest BCUT2D eigenvalue weighted by atomic mass is 35.5. The monoisotopic (exact) mass is 328 g/mol. The molecule has 0 aliphatic carbocycles. The Hall–Kier alpha value is -1.55. The molecule has 112 valence electrons. The zero-order valence-electron chi connectivity index (χ0n) is 11.4. The molecule has 0 spiro atoms. The molecule has 1 saturated heterocycles. The van der Waals surface area contributed by atoms with Crippen molar-refractivity contribution in [1.29, 1.82) is 5.26 Å². The van der Waals surface area contributed by atoms with Crippen LogP contribution in [0.15, 0.2) is 12.1 Å². The van der Waals surface area contributed by atoms with E-state index in [1.807, 2.05) is 11.8 Å². The number of rotatable bonds is 3. The number of halogens is 2. The van der Waals surface area contributed by atoms with Crippen LogP contribution in [0.25, 0.3) is 0 Å². The van der Waals surface area contributed by atoms with Gasteiger partial charge in [0.2, 0.25) is 0 Å². The number of nitro benzene ring substituents is 1. The van der Waals surface area contributed by atoms with Gasteiger partial charge in [-0.3, -0.25) is 15.0 Å². The van der Waals surface area contributed by atoms with Crippen LogP contribution in [0.2, 0.25) is 10.0 Å². The van der Waals surface area contributed by atoms with Crippen LogP contribution in [0.5, 0.6) is 0 Å². The number of non-ortho nitro benzene ring substituents is 1. The van der Waals surface area contributed by atoms with Gasteiger partial charge in [0, 0.05) is 38.3 Å². The maximum Gasteiger partial charge on any atom is 0.272 e. The molecule has 0 aromatic heterocycles. The third kappa shape index (κ3) is 3.38. The lowest BCUT2D eigenvalue weighted by Crippen LogP contribution is -2.49. The summed E-state index contributed by atoms with van der Waals surface area (Å²) in [7, 11) is 0. The van der Waals surface area contributed by atoms with Crippen molar-refractivity contribution in [3.8, 4) is 6.07 Å². The summed E-state index contributed by atoms with van der Waals surface area (Å²) in [6, 6.07) is 4.71. The summed E-state index contributed by atoms with van der Waals surface area (Å²) in [5.41, 5.74) is 0.499. The first kappa shape index (κ1) is 15.8. The van der Waals surface area contributed by atoms with Gasteiger partial charge in [-0.25, -0.2) is 0 Å². The largest absolute Gasteiger partial charge is 0.367 e. The third-order valence-electron chi connectivity index (χ3n) is 3.58. The molecule has 1 aromatic rings. The zero-order valence-corrected chi connectivity index (χ0v) is 12.9. The van der Waals surface area contributed by atoms with E-state index in [0.717, 1.165) is 13.1 Å². The van der Waals surface area contributed by atoms with Gasteiger partial charge in [-0.1, -0.05) is 23.2 Å². The van der Waals surface area contributed by atoms with Crippen LogP contribution < -0.4 is 4.90 Å². The second kappa shape index (κ2) is 6.48. The third-order valence-corrected chi connectivity index (χ3v) is 4.15. The smallest absolute Gasteiger partial charge is 0.272 e. The van der Waals surface area contributed by atoms with Crippen molar-refractivity contribution in [1.82, 2.24) is 4.90 Å². The van der Waals surface area contributed by atoms with Gasteiger partial charge in [0.15, 0.2) is 0 Å². The zero-order chi connectivity index (χ0) is 15.6. The van der Waals surface area contributed by atoms with E-state index < -0.39 is 4.92 Å². The minimum Gasteiger partial charge on any atom is -0.367 e. The maximum atomic E-state index is 10.8. The molecule has 8 heteroatoms. The van der Waals surface area contributed by atoms with E-state index in [-0.39, 0.29) is 21.8 Å². The number of anilines is 1. The molecule has 2 rings (SSSR count). The highest BCUT2D eigenvalue weighted by Crippen LogP contribution is 2.37. The average Bonchev–Trinajstić information content (AvgIpc) is 2.46. The Labute approximate surface area is 132 Å². The summed E-state index contributed by atoms with van der Waals surface area (Å²) in [4.78, 5) is 14.3. The Bertz CT molecular complexity index is 571. The molecule has 0 saturated carbocycles. The lowest BCUT2D eigenvalue weighted by molar-refractivity contribution is -0.384. The van der Waals surface area contributed by atoms with Gasteiger partial charge < -0.3 is 4.90 Å². The first-order valence-corrected chi connectivity index (χ1v) is 7.21. The fourth-order valence-corrected chi connectivity index (χ4v) is 3.09. The van der Waals surface area contributed by atoms with Crippen LogP contribution in [0.1, 0.15) is 6.92 Å². The Morgan fingerprint density at radius 3 is 2.24 bits per heavy atom. The molecule has 1 atom stereocenters. The summed E-state index contributed by atoms with van der Waals surface area (Å²) >= 11 is 12.3. The van der Waals surface area contributed by atoms with Crippen LogP contribution in [-0.2, 0) is 0 Å². The van der Waals surface area contributed by atoms with Crippen molar-refractivity contribution >= 4 is 34.6 Å². The fourth-order valence-electron chi connectivity index (χ4n) is 2.37. The van der Waals surface area contributed by atoms with Crippen molar-refractivity contribution in [3.05, 3.63) is 32.3 Å². The van der Waals surface area contributed by atoms with Gasteiger partial charge in [0.25, 0.3) is 5.69 Å². The van der Waals surface area contributed by atoms with Crippen molar-refractivity contribution in [2.24, 2.45) is 0 Å². The van der Waals surface area contributed by atoms with Gasteiger partial charge in [-0.2, -0.15) is 5.26 Å². The van der Waals surface area contributed by atoms with E-state index in [1.165, 1.54) is 12.1 Å². The second-order valence-electron chi connectivity index (χ2n) is 4.84. The van der Waals surface area contributed by atoms with Crippen LogP contribution in [0, 0.1) is 21.4 Å². The lowest BCUT2D eigenvalue weighted by atomic mass is 10.2. The van der Waals surface area contributed by atoms with E-state index in [2.05, 4.69) is 11.0 Å². The number of hydrogen-bond acceptors (Lipinski definition) is 5. The molecule has 0 N–H and O–H groups in total. The maximum absolute atomic E-state index is 10.8. The van der Waals surface area contributed by atoms with Crippen LogP contribution in [0.4, 0.5) is 11.4 Å². The molecule has 6 nitrogen and oxygen atoms in total. The van der Waals surface area contributed by atoms with Crippen LogP contribution in [0.3, 0.4) is 0 Å². The minimum atomic E-state index is -0.520. The molecule has 1 fully saturated rings. The molecule has 0 bridgehead atoms. The molecule has 1 heterocycles. The Balaban J connectivity index is 2.18. The molecule has 1 unspecified atom stereocenters. The fraction of sp³-hybridized carbons (Fsp3) is 0.462. The molecule has 0 radical (unpaired) electrons. The molecule has 21 heavy (non-hydrogen) atoms. The summed E-state index contributed by atoms with van der Waals surface area (Å²) in [5.74, 6) is 0. The SMILES string of the molecule is CC(C#N)N1CCN(c2c(Cl)cc([N+](=O)[O-])cc2Cl)CC1. The second-order valence-corrected chi connectivity index (χ2v) is 5.66. The minimum absolute atomic E-state index is 0.120. The Kier molecular flexibility index (Phi) is 4.88. The van der Waals surface area contributed by atoms with E-state index in [0.29, 0.717) is 18.8 Å². The predicted octanol–water partition coefficient (Wildman–Crippen LogP) is 2.94. The van der Waals surface area contributed by atoms with Gasteiger partial charge >= 0.3 is 0 Å². The van der Waals surface area contributed by atoms with Crippen molar-refractivity contribution < 1.29 is 4.92 Å². The summed E-state index contributed by atoms with van der Waals surface area (Å²) in [6.45, 7) is 4.64. The van der Waals surface area contributed by atoms with E-state index in [9.17, 15) is 10.1 Å². The number of benzene rings is 1. The molecular formula is C13H14Cl2N4O2. The molecular weight excluding hydrogens is 315 g/mol. The van der Waals surface area contributed by atoms with E-state index >= 15 is 0 Å². The van der Waals surface area contributed by atoms with Crippen molar-refractivity contribution in [2.45, 2.75) is 13.0 Å². The Morgan fingerprint density at radius 1 is 1.29 bits per heavy atom. The van der Waals surface area contributed by atoms with Crippen molar-refractivity contribution in [3.63, 3.8) is 0 Å². The van der Waals surface area contributed by atoms with Crippen LogP contribution in [-0.4, -0.2) is 42.0 Å². The topological polar surface area (TPSA) is 73.4 Å². The normalized spacial score (nSPS) is 17.3. The number of nitrogens with zero attached hydrogens (tertiary/aromatic N) is 4. The van der Waals surface area contributed by atoms with Gasteiger partial charge in [-0.05, 0) is 6.92 Å². The number of hydrogen-bond donors (Lipinski definition) is 0. The van der Waals surface area contributed by atoms with Gasteiger partial charge in [-0.15, -0.1) is 0 Å². The van der Waals surface area contributed by atoms with Crippen LogP contribution >= 0.6 is 23.2 Å². The summed E-state index contributed by atoms with van der Waals surface area (Å²) in [6.07, 6.45) is 0. The molecule has 1 aromatic carbocycles. The van der Waals surface area contributed by atoms with Gasteiger partial charge in [0.05, 0.1) is 32.8 Å². The van der Waals surface area contributed by atoms with Gasteiger partial charge in [0.1, 0.15) is 0 Å². The standard InChI is InChI=1S/C13H14Cl2N4O2/c1-9(8-16)17-2-4-18(5-3-17)13-11(14)6-10(19(20)21)7-12(13)15/h6-7,9H,2-5H2,1H3. The summed E-state index contributed by atoms with van der Waals surface area (Å²) in [5, 5.41) is 20.3. The lowest BCUT2D eigenvalue weighted by Gasteiger charge is -2.37.